The van der Waals surface area contributed by atoms with Crippen molar-refractivity contribution in [2.45, 2.75) is 10.9 Å². The fourth-order valence-corrected chi connectivity index (χ4v) is 1.88. The lowest BCUT2D eigenvalue weighted by molar-refractivity contribution is 0.626. The summed E-state index contributed by atoms with van der Waals surface area (Å²) in [6.45, 7) is 0. The Morgan fingerprint density at radius 2 is 2.14 bits per heavy atom. The molecule has 0 spiro atoms. The first-order chi connectivity index (χ1) is 6.76. The molecule has 0 saturated heterocycles. The van der Waals surface area contributed by atoms with Gasteiger partial charge in [-0.25, -0.2) is 4.39 Å². The summed E-state index contributed by atoms with van der Waals surface area (Å²) in [6.07, 6.45) is 5.29. The summed E-state index contributed by atoms with van der Waals surface area (Å²) in [5, 5.41) is 3.00. The van der Waals surface area contributed by atoms with Gasteiger partial charge >= 0.3 is 0 Å². The average Bonchev–Trinajstić information content (AvgIpc) is 2.22. The summed E-state index contributed by atoms with van der Waals surface area (Å²) in [7, 11) is 1.83. The van der Waals surface area contributed by atoms with Gasteiger partial charge < -0.3 is 5.32 Å². The third kappa shape index (κ3) is 3.41. The average molecular weight is 209 g/mol. The van der Waals surface area contributed by atoms with Gasteiger partial charge in [-0.15, -0.1) is 18.2 Å². The fourth-order valence-electron chi connectivity index (χ4n) is 0.925. The number of benzene rings is 1. The van der Waals surface area contributed by atoms with Gasteiger partial charge in [0, 0.05) is 10.6 Å². The minimum atomic E-state index is -0.212. The molecule has 0 aliphatic rings. The summed E-state index contributed by atoms with van der Waals surface area (Å²) in [5.41, 5.74) is 0. The molecular weight excluding hydrogens is 197 g/mol. The van der Waals surface area contributed by atoms with Crippen molar-refractivity contribution in [1.29, 1.82) is 0 Å². The van der Waals surface area contributed by atoms with Crippen LogP contribution in [0, 0.1) is 18.2 Å². The maximum Gasteiger partial charge on any atom is 0.123 e. The van der Waals surface area contributed by atoms with Crippen LogP contribution in [0.5, 0.6) is 0 Å². The second-order valence-corrected chi connectivity index (χ2v) is 3.87. The standard InChI is InChI=1S/C11H12FNS/c1-3-10(13-2)8-14-11-6-4-9(12)5-7-11/h1,4-7,10,13H,8H2,2H3. The van der Waals surface area contributed by atoms with Crippen LogP contribution in [0.2, 0.25) is 0 Å². The lowest BCUT2D eigenvalue weighted by Gasteiger charge is -2.08. The molecule has 1 unspecified atom stereocenters. The van der Waals surface area contributed by atoms with Crippen molar-refractivity contribution in [2.24, 2.45) is 0 Å². The van der Waals surface area contributed by atoms with E-state index < -0.39 is 0 Å². The largest absolute Gasteiger partial charge is 0.306 e. The van der Waals surface area contributed by atoms with E-state index in [-0.39, 0.29) is 11.9 Å². The zero-order chi connectivity index (χ0) is 10.4. The Kier molecular flexibility index (Phi) is 4.51. The first-order valence-electron chi connectivity index (χ1n) is 4.28. The lowest BCUT2D eigenvalue weighted by atomic mass is 10.3. The Bertz CT molecular complexity index is 315. The molecule has 1 aromatic carbocycles. The second kappa shape index (κ2) is 5.69. The van der Waals surface area contributed by atoms with E-state index in [2.05, 4.69) is 11.2 Å². The zero-order valence-electron chi connectivity index (χ0n) is 7.96. The minimum absolute atomic E-state index is 0.0602. The summed E-state index contributed by atoms with van der Waals surface area (Å²) in [4.78, 5) is 1.03. The molecular formula is C11H12FNS. The summed E-state index contributed by atoms with van der Waals surface area (Å²) < 4.78 is 12.6. The molecule has 0 fully saturated rings. The molecule has 74 valence electrons. The number of terminal acetylenes is 1. The van der Waals surface area contributed by atoms with Crippen LogP contribution >= 0.6 is 11.8 Å². The Hall–Kier alpha value is -0.980. The highest BCUT2D eigenvalue weighted by Crippen LogP contribution is 2.18. The lowest BCUT2D eigenvalue weighted by Crippen LogP contribution is -2.25. The van der Waals surface area contributed by atoms with E-state index in [1.165, 1.54) is 12.1 Å². The molecule has 1 atom stereocenters. The molecule has 3 heteroatoms. The molecule has 14 heavy (non-hydrogen) atoms. The number of hydrogen-bond acceptors (Lipinski definition) is 2. The van der Waals surface area contributed by atoms with Gasteiger partial charge in [-0.1, -0.05) is 5.92 Å². The smallest absolute Gasteiger partial charge is 0.123 e. The Morgan fingerprint density at radius 1 is 1.50 bits per heavy atom. The molecule has 1 aromatic rings. The van der Waals surface area contributed by atoms with Gasteiger partial charge in [0.15, 0.2) is 0 Å². The predicted octanol–water partition coefficient (Wildman–Crippen LogP) is 2.14. The van der Waals surface area contributed by atoms with E-state index in [1.807, 2.05) is 7.05 Å². The Balaban J connectivity index is 2.46. The van der Waals surface area contributed by atoms with Crippen molar-refractivity contribution in [3.8, 4) is 12.3 Å². The van der Waals surface area contributed by atoms with Crippen LogP contribution in [-0.4, -0.2) is 18.8 Å². The SMILES string of the molecule is C#CC(CSc1ccc(F)cc1)NC. The monoisotopic (exact) mass is 209 g/mol. The number of hydrogen-bond donors (Lipinski definition) is 1. The molecule has 0 aliphatic carbocycles. The number of nitrogens with one attached hydrogen (secondary N) is 1. The van der Waals surface area contributed by atoms with Crippen LogP contribution < -0.4 is 5.32 Å². The predicted molar refractivity (Wildman–Crippen MR) is 58.8 cm³/mol. The molecule has 0 heterocycles. The summed E-state index contributed by atoms with van der Waals surface area (Å²) in [5.74, 6) is 3.21. The molecule has 0 amide bonds. The normalized spacial score (nSPS) is 12.1. The van der Waals surface area contributed by atoms with Crippen molar-refractivity contribution in [3.05, 3.63) is 30.1 Å². The Morgan fingerprint density at radius 3 is 2.64 bits per heavy atom. The first kappa shape index (κ1) is 11.1. The van der Waals surface area contributed by atoms with Crippen molar-refractivity contribution >= 4 is 11.8 Å². The van der Waals surface area contributed by atoms with Gasteiger partial charge in [0.25, 0.3) is 0 Å². The number of rotatable bonds is 4. The zero-order valence-corrected chi connectivity index (χ0v) is 8.77. The van der Waals surface area contributed by atoms with Crippen molar-refractivity contribution in [3.63, 3.8) is 0 Å². The second-order valence-electron chi connectivity index (χ2n) is 2.77. The highest BCUT2D eigenvalue weighted by Gasteiger charge is 2.02. The molecule has 0 bridgehead atoms. The van der Waals surface area contributed by atoms with Gasteiger partial charge in [0.05, 0.1) is 6.04 Å². The topological polar surface area (TPSA) is 12.0 Å². The van der Waals surface area contributed by atoms with E-state index in [0.29, 0.717) is 0 Å². The summed E-state index contributed by atoms with van der Waals surface area (Å²) in [6, 6.07) is 6.47. The number of thioether (sulfide) groups is 1. The number of halogens is 1. The first-order valence-corrected chi connectivity index (χ1v) is 5.26. The Labute approximate surface area is 88.1 Å². The fraction of sp³-hybridized carbons (Fsp3) is 0.273. The van der Waals surface area contributed by atoms with Crippen molar-refractivity contribution in [1.82, 2.24) is 5.32 Å². The highest BCUT2D eigenvalue weighted by atomic mass is 32.2. The van der Waals surface area contributed by atoms with Crippen molar-refractivity contribution < 1.29 is 4.39 Å². The third-order valence-corrected chi connectivity index (χ3v) is 2.89. The van der Waals surface area contributed by atoms with E-state index in [1.54, 1.807) is 23.9 Å². The van der Waals surface area contributed by atoms with E-state index in [4.69, 9.17) is 6.42 Å². The van der Waals surface area contributed by atoms with Gasteiger partial charge in [0.1, 0.15) is 5.82 Å². The van der Waals surface area contributed by atoms with Crippen LogP contribution in [0.25, 0.3) is 0 Å². The van der Waals surface area contributed by atoms with Crippen LogP contribution in [0.1, 0.15) is 0 Å². The van der Waals surface area contributed by atoms with Crippen molar-refractivity contribution in [2.75, 3.05) is 12.8 Å². The molecule has 0 aromatic heterocycles. The van der Waals surface area contributed by atoms with Crippen LogP contribution in [0.15, 0.2) is 29.2 Å². The van der Waals surface area contributed by atoms with Crippen LogP contribution in [0.4, 0.5) is 4.39 Å². The molecule has 0 aliphatic heterocycles. The molecule has 0 saturated carbocycles. The molecule has 0 radical (unpaired) electrons. The summed E-state index contributed by atoms with van der Waals surface area (Å²) >= 11 is 1.61. The third-order valence-electron chi connectivity index (χ3n) is 1.78. The van der Waals surface area contributed by atoms with Crippen LogP contribution in [-0.2, 0) is 0 Å². The molecule has 1 nitrogen and oxygen atoms in total. The quantitative estimate of drug-likeness (QED) is 0.602. The minimum Gasteiger partial charge on any atom is -0.306 e. The maximum absolute atomic E-state index is 12.6. The van der Waals surface area contributed by atoms with Gasteiger partial charge in [-0.3, -0.25) is 0 Å². The van der Waals surface area contributed by atoms with Gasteiger partial charge in [0.2, 0.25) is 0 Å². The van der Waals surface area contributed by atoms with Gasteiger partial charge in [-0.2, -0.15) is 0 Å². The molecule has 1 N–H and O–H groups in total. The highest BCUT2D eigenvalue weighted by molar-refractivity contribution is 7.99. The van der Waals surface area contributed by atoms with Crippen LogP contribution in [0.3, 0.4) is 0 Å². The van der Waals surface area contributed by atoms with E-state index in [0.717, 1.165) is 10.6 Å². The van der Waals surface area contributed by atoms with E-state index in [9.17, 15) is 4.39 Å². The van der Waals surface area contributed by atoms with E-state index >= 15 is 0 Å². The van der Waals surface area contributed by atoms with Gasteiger partial charge in [-0.05, 0) is 31.3 Å². The molecule has 1 rings (SSSR count). The maximum atomic E-state index is 12.6.